The third-order valence-corrected chi connectivity index (χ3v) is 4.64. The standard InChI is InChI=1S/C21H32N2O3/c1-3-9-18-10-11-19(20(16-18)25-2)26-17-21(24)22-12-8-15-23-13-6-4-5-7-14-23/h3,10-11,16H,1,4-9,12-15,17H2,2H3,(H,22,24). The summed E-state index contributed by atoms with van der Waals surface area (Å²) in [6.45, 7) is 7.87. The maximum atomic E-state index is 12.0. The van der Waals surface area contributed by atoms with Crippen LogP contribution in [-0.2, 0) is 11.2 Å². The monoisotopic (exact) mass is 360 g/mol. The minimum Gasteiger partial charge on any atom is -0.493 e. The van der Waals surface area contributed by atoms with Crippen molar-refractivity contribution >= 4 is 5.91 Å². The van der Waals surface area contributed by atoms with Gasteiger partial charge in [-0.05, 0) is 63.0 Å². The fourth-order valence-electron chi connectivity index (χ4n) is 3.21. The number of rotatable bonds is 10. The number of nitrogens with one attached hydrogen (secondary N) is 1. The van der Waals surface area contributed by atoms with Crippen LogP contribution in [0.3, 0.4) is 0 Å². The quantitative estimate of drug-likeness (QED) is 0.514. The van der Waals surface area contributed by atoms with Gasteiger partial charge < -0.3 is 19.7 Å². The van der Waals surface area contributed by atoms with Crippen molar-refractivity contribution < 1.29 is 14.3 Å². The van der Waals surface area contributed by atoms with Gasteiger partial charge in [-0.2, -0.15) is 0 Å². The molecule has 0 radical (unpaired) electrons. The number of benzene rings is 1. The van der Waals surface area contributed by atoms with E-state index in [0.717, 1.165) is 24.9 Å². The zero-order valence-corrected chi connectivity index (χ0v) is 16.0. The van der Waals surface area contributed by atoms with E-state index in [2.05, 4.69) is 16.8 Å². The smallest absolute Gasteiger partial charge is 0.257 e. The Labute approximate surface area is 157 Å². The first-order valence-corrected chi connectivity index (χ1v) is 9.62. The summed E-state index contributed by atoms with van der Waals surface area (Å²) >= 11 is 0. The van der Waals surface area contributed by atoms with E-state index in [0.29, 0.717) is 18.0 Å². The lowest BCUT2D eigenvalue weighted by Gasteiger charge is -2.19. The number of allylic oxidation sites excluding steroid dienone is 1. The Balaban J connectivity index is 1.67. The molecule has 0 aromatic heterocycles. The van der Waals surface area contributed by atoms with E-state index in [4.69, 9.17) is 9.47 Å². The van der Waals surface area contributed by atoms with E-state index in [-0.39, 0.29) is 12.5 Å². The number of carbonyl (C=O) groups excluding carboxylic acids is 1. The zero-order valence-electron chi connectivity index (χ0n) is 16.0. The molecule has 2 rings (SSSR count). The number of ether oxygens (including phenoxy) is 2. The van der Waals surface area contributed by atoms with E-state index < -0.39 is 0 Å². The number of amides is 1. The molecule has 0 bridgehead atoms. The summed E-state index contributed by atoms with van der Waals surface area (Å²) in [5, 5.41) is 2.93. The van der Waals surface area contributed by atoms with Crippen molar-refractivity contribution in [2.24, 2.45) is 0 Å². The molecule has 0 unspecified atom stereocenters. The molecular weight excluding hydrogens is 328 g/mol. The van der Waals surface area contributed by atoms with Crippen LogP contribution in [0.25, 0.3) is 0 Å². The number of methoxy groups -OCH3 is 1. The Hall–Kier alpha value is -2.01. The number of likely N-dealkylation sites (tertiary alicyclic amines) is 1. The minimum atomic E-state index is -0.0990. The van der Waals surface area contributed by atoms with Crippen molar-refractivity contribution in [1.82, 2.24) is 10.2 Å². The molecule has 1 aromatic rings. The highest BCUT2D eigenvalue weighted by atomic mass is 16.5. The van der Waals surface area contributed by atoms with Gasteiger partial charge in [0.15, 0.2) is 18.1 Å². The Morgan fingerprint density at radius 3 is 2.69 bits per heavy atom. The van der Waals surface area contributed by atoms with E-state index in [1.807, 2.05) is 24.3 Å². The molecular formula is C21H32N2O3. The average Bonchev–Trinajstić information content (AvgIpc) is 2.93. The summed E-state index contributed by atoms with van der Waals surface area (Å²) < 4.78 is 11.0. The lowest BCUT2D eigenvalue weighted by molar-refractivity contribution is -0.123. The molecule has 1 amide bonds. The van der Waals surface area contributed by atoms with Gasteiger partial charge in [0.2, 0.25) is 0 Å². The van der Waals surface area contributed by atoms with Crippen LogP contribution in [-0.4, -0.2) is 50.7 Å². The SMILES string of the molecule is C=CCc1ccc(OCC(=O)NCCCN2CCCCCC2)c(OC)c1. The Kier molecular flexibility index (Phi) is 9.04. The topological polar surface area (TPSA) is 50.8 Å². The molecule has 0 spiro atoms. The van der Waals surface area contributed by atoms with Crippen molar-refractivity contribution in [1.29, 1.82) is 0 Å². The minimum absolute atomic E-state index is 0.000872. The van der Waals surface area contributed by atoms with Crippen LogP contribution < -0.4 is 14.8 Å². The summed E-state index contributed by atoms with van der Waals surface area (Å²) in [6, 6.07) is 5.71. The highest BCUT2D eigenvalue weighted by Gasteiger charge is 2.10. The molecule has 1 aromatic carbocycles. The second-order valence-corrected chi connectivity index (χ2v) is 6.73. The second-order valence-electron chi connectivity index (χ2n) is 6.73. The predicted octanol–water partition coefficient (Wildman–Crippen LogP) is 3.18. The van der Waals surface area contributed by atoms with Crippen molar-refractivity contribution in [3.05, 3.63) is 36.4 Å². The van der Waals surface area contributed by atoms with Gasteiger partial charge in [-0.3, -0.25) is 4.79 Å². The Morgan fingerprint density at radius 2 is 2.00 bits per heavy atom. The van der Waals surface area contributed by atoms with Crippen LogP contribution in [0.5, 0.6) is 11.5 Å². The third-order valence-electron chi connectivity index (χ3n) is 4.64. The molecule has 5 nitrogen and oxygen atoms in total. The molecule has 0 atom stereocenters. The van der Waals surface area contributed by atoms with Crippen molar-refractivity contribution in [2.75, 3.05) is 39.9 Å². The van der Waals surface area contributed by atoms with E-state index in [1.54, 1.807) is 7.11 Å². The molecule has 26 heavy (non-hydrogen) atoms. The average molecular weight is 360 g/mol. The molecule has 1 saturated heterocycles. The second kappa shape index (κ2) is 11.6. The highest BCUT2D eigenvalue weighted by molar-refractivity contribution is 5.77. The number of hydrogen-bond donors (Lipinski definition) is 1. The van der Waals surface area contributed by atoms with Crippen LogP contribution in [0.15, 0.2) is 30.9 Å². The van der Waals surface area contributed by atoms with Crippen molar-refractivity contribution in [2.45, 2.75) is 38.5 Å². The molecule has 5 heteroatoms. The lowest BCUT2D eigenvalue weighted by Crippen LogP contribution is -2.33. The van der Waals surface area contributed by atoms with Gasteiger partial charge in [-0.1, -0.05) is 25.0 Å². The zero-order chi connectivity index (χ0) is 18.6. The number of carbonyl (C=O) groups is 1. The molecule has 0 saturated carbocycles. The van der Waals surface area contributed by atoms with Gasteiger partial charge in [0.05, 0.1) is 7.11 Å². The third kappa shape index (κ3) is 7.08. The summed E-state index contributed by atoms with van der Waals surface area (Å²) in [5.74, 6) is 1.12. The first kappa shape index (κ1) is 20.3. The van der Waals surface area contributed by atoms with Gasteiger partial charge in [0, 0.05) is 6.54 Å². The normalized spacial score (nSPS) is 15.1. The van der Waals surface area contributed by atoms with E-state index in [9.17, 15) is 4.79 Å². The van der Waals surface area contributed by atoms with E-state index in [1.165, 1.54) is 38.8 Å². The van der Waals surface area contributed by atoms with Crippen LogP contribution in [0, 0.1) is 0 Å². The van der Waals surface area contributed by atoms with Gasteiger partial charge in [0.1, 0.15) is 0 Å². The Morgan fingerprint density at radius 1 is 1.23 bits per heavy atom. The number of nitrogens with zero attached hydrogens (tertiary/aromatic N) is 1. The summed E-state index contributed by atoms with van der Waals surface area (Å²) in [4.78, 5) is 14.5. The van der Waals surface area contributed by atoms with Gasteiger partial charge >= 0.3 is 0 Å². The maximum Gasteiger partial charge on any atom is 0.257 e. The van der Waals surface area contributed by atoms with Crippen LogP contribution in [0.2, 0.25) is 0 Å². The summed E-state index contributed by atoms with van der Waals surface area (Å²) in [7, 11) is 1.60. The predicted molar refractivity (Wildman–Crippen MR) is 105 cm³/mol. The van der Waals surface area contributed by atoms with Crippen LogP contribution >= 0.6 is 0 Å². The molecule has 1 aliphatic rings. The molecule has 1 heterocycles. The molecule has 1 aliphatic heterocycles. The molecule has 0 aliphatic carbocycles. The van der Waals surface area contributed by atoms with Crippen molar-refractivity contribution in [3.8, 4) is 11.5 Å². The van der Waals surface area contributed by atoms with E-state index >= 15 is 0 Å². The fourth-order valence-corrected chi connectivity index (χ4v) is 3.21. The van der Waals surface area contributed by atoms with Crippen molar-refractivity contribution in [3.63, 3.8) is 0 Å². The maximum absolute atomic E-state index is 12.0. The van der Waals surface area contributed by atoms with Gasteiger partial charge in [-0.25, -0.2) is 0 Å². The van der Waals surface area contributed by atoms with Crippen LogP contribution in [0.1, 0.15) is 37.7 Å². The van der Waals surface area contributed by atoms with Gasteiger partial charge in [0.25, 0.3) is 5.91 Å². The summed E-state index contributed by atoms with van der Waals surface area (Å²) in [5.41, 5.74) is 1.10. The van der Waals surface area contributed by atoms with Gasteiger partial charge in [-0.15, -0.1) is 6.58 Å². The van der Waals surface area contributed by atoms with Crippen LogP contribution in [0.4, 0.5) is 0 Å². The lowest BCUT2D eigenvalue weighted by atomic mass is 10.1. The molecule has 144 valence electrons. The first-order chi connectivity index (χ1) is 12.7. The highest BCUT2D eigenvalue weighted by Crippen LogP contribution is 2.28. The largest absolute Gasteiger partial charge is 0.493 e. The number of hydrogen-bond acceptors (Lipinski definition) is 4. The molecule has 1 N–H and O–H groups in total. The summed E-state index contributed by atoms with van der Waals surface area (Å²) in [6.07, 6.45) is 8.89. The Bertz CT molecular complexity index is 566. The fraction of sp³-hybridized carbons (Fsp3) is 0.571. The molecule has 1 fully saturated rings. The first-order valence-electron chi connectivity index (χ1n) is 9.62.